The fraction of sp³-hybridized carbons (Fsp3) is 0.409. The van der Waals surface area contributed by atoms with Crippen molar-refractivity contribution in [3.05, 3.63) is 53.6 Å². The van der Waals surface area contributed by atoms with Crippen LogP contribution in [0.25, 0.3) is 0 Å². The first-order chi connectivity index (χ1) is 13.4. The Morgan fingerprint density at radius 2 is 1.69 bits per heavy atom. The van der Waals surface area contributed by atoms with Crippen LogP contribution >= 0.6 is 0 Å². The van der Waals surface area contributed by atoms with E-state index in [0.717, 1.165) is 9.87 Å². The van der Waals surface area contributed by atoms with E-state index in [-0.39, 0.29) is 22.6 Å². The Labute approximate surface area is 173 Å². The Balaban J connectivity index is 2.10. The maximum absolute atomic E-state index is 12.4. The number of hydrogen-bond donors (Lipinski definition) is 1. The molecule has 7 heteroatoms. The van der Waals surface area contributed by atoms with Gasteiger partial charge in [0, 0.05) is 20.5 Å². The van der Waals surface area contributed by atoms with Gasteiger partial charge in [-0.15, -0.1) is 0 Å². The summed E-state index contributed by atoms with van der Waals surface area (Å²) >= 11 is 0. The first-order valence-corrected chi connectivity index (χ1v) is 10.9. The summed E-state index contributed by atoms with van der Waals surface area (Å²) in [4.78, 5) is 12.5. The number of anilines is 1. The maximum Gasteiger partial charge on any atom is 0.242 e. The van der Waals surface area contributed by atoms with Gasteiger partial charge in [-0.1, -0.05) is 45.0 Å². The van der Waals surface area contributed by atoms with Crippen LogP contribution in [0.2, 0.25) is 0 Å². The highest BCUT2D eigenvalue weighted by Crippen LogP contribution is 2.29. The van der Waals surface area contributed by atoms with Gasteiger partial charge in [-0.3, -0.25) is 4.79 Å². The number of sulfonamides is 1. The van der Waals surface area contributed by atoms with Crippen LogP contribution in [0.1, 0.15) is 38.3 Å². The summed E-state index contributed by atoms with van der Waals surface area (Å²) in [6.45, 7) is 6.48. The topological polar surface area (TPSA) is 75.7 Å². The number of hydrogen-bond acceptors (Lipinski definition) is 4. The number of nitrogens with one attached hydrogen (secondary N) is 1. The summed E-state index contributed by atoms with van der Waals surface area (Å²) in [6.07, 6.45) is 0.872. The number of benzene rings is 2. The van der Waals surface area contributed by atoms with Crippen LogP contribution in [0.3, 0.4) is 0 Å². The molecule has 29 heavy (non-hydrogen) atoms. The molecule has 0 radical (unpaired) electrons. The zero-order valence-electron chi connectivity index (χ0n) is 17.9. The van der Waals surface area contributed by atoms with Crippen molar-refractivity contribution in [3.8, 4) is 5.75 Å². The standard InChI is InChI=1S/C22H30N2O4S/c1-22(2,3)17-10-7-16(8-11-17)9-14-21(25)23-19-15-18(12-13-20(19)28-6)29(26,27)24(4)5/h7-8,10-13,15H,9,14H2,1-6H3,(H,23,25). The quantitative estimate of drug-likeness (QED) is 0.742. The molecule has 0 unspecified atom stereocenters. The minimum absolute atomic E-state index is 0.0877. The van der Waals surface area contributed by atoms with Crippen molar-refractivity contribution in [2.45, 2.75) is 43.9 Å². The van der Waals surface area contributed by atoms with Crippen LogP contribution in [0.5, 0.6) is 5.75 Å². The Bertz CT molecular complexity index is 959. The van der Waals surface area contributed by atoms with Crippen LogP contribution in [0.15, 0.2) is 47.4 Å². The van der Waals surface area contributed by atoms with E-state index in [2.05, 4.69) is 38.2 Å². The lowest BCUT2D eigenvalue weighted by Crippen LogP contribution is -2.22. The molecule has 0 atom stereocenters. The van der Waals surface area contributed by atoms with E-state index in [0.29, 0.717) is 17.9 Å². The van der Waals surface area contributed by atoms with E-state index in [1.54, 1.807) is 0 Å². The molecule has 0 fully saturated rings. The average Bonchev–Trinajstić information content (AvgIpc) is 2.65. The van der Waals surface area contributed by atoms with Gasteiger partial charge in [0.15, 0.2) is 0 Å². The lowest BCUT2D eigenvalue weighted by molar-refractivity contribution is -0.116. The lowest BCUT2D eigenvalue weighted by Gasteiger charge is -2.19. The fourth-order valence-corrected chi connectivity index (χ4v) is 3.73. The summed E-state index contributed by atoms with van der Waals surface area (Å²) in [6, 6.07) is 12.7. The highest BCUT2D eigenvalue weighted by molar-refractivity contribution is 7.89. The zero-order chi connectivity index (χ0) is 21.8. The predicted octanol–water partition coefficient (Wildman–Crippen LogP) is 3.81. The number of carbonyl (C=O) groups excluding carboxylic acids is 1. The molecule has 1 amide bonds. The van der Waals surface area contributed by atoms with Crippen molar-refractivity contribution in [2.24, 2.45) is 0 Å². The molecule has 6 nitrogen and oxygen atoms in total. The molecule has 0 spiro atoms. The van der Waals surface area contributed by atoms with Gasteiger partial charge in [0.25, 0.3) is 0 Å². The molecule has 0 aromatic heterocycles. The second kappa shape index (κ2) is 8.97. The second-order valence-electron chi connectivity index (χ2n) is 8.14. The normalized spacial score (nSPS) is 12.1. The molecule has 0 aliphatic carbocycles. The van der Waals surface area contributed by atoms with Gasteiger partial charge in [0.1, 0.15) is 5.75 Å². The maximum atomic E-state index is 12.4. The molecule has 1 N–H and O–H groups in total. The molecule has 0 saturated carbocycles. The van der Waals surface area contributed by atoms with Crippen LogP contribution in [0.4, 0.5) is 5.69 Å². The van der Waals surface area contributed by atoms with Crippen molar-refractivity contribution in [2.75, 3.05) is 26.5 Å². The van der Waals surface area contributed by atoms with Gasteiger partial charge >= 0.3 is 0 Å². The first-order valence-electron chi connectivity index (χ1n) is 9.45. The number of amides is 1. The first kappa shape index (κ1) is 22.9. The van der Waals surface area contributed by atoms with Crippen LogP contribution < -0.4 is 10.1 Å². The van der Waals surface area contributed by atoms with Crippen molar-refractivity contribution < 1.29 is 17.9 Å². The fourth-order valence-electron chi connectivity index (χ4n) is 2.80. The molecule has 0 bridgehead atoms. The van der Waals surface area contributed by atoms with Gasteiger partial charge in [0.2, 0.25) is 15.9 Å². The van der Waals surface area contributed by atoms with Crippen LogP contribution in [-0.2, 0) is 26.7 Å². The molecule has 0 saturated heterocycles. The van der Waals surface area contributed by atoms with E-state index in [1.807, 2.05) is 12.1 Å². The van der Waals surface area contributed by atoms with Crippen LogP contribution in [0, 0.1) is 0 Å². The highest BCUT2D eigenvalue weighted by atomic mass is 32.2. The predicted molar refractivity (Wildman–Crippen MR) is 116 cm³/mol. The zero-order valence-corrected chi connectivity index (χ0v) is 18.8. The van der Waals surface area contributed by atoms with Crippen LogP contribution in [-0.4, -0.2) is 39.8 Å². The Morgan fingerprint density at radius 3 is 2.21 bits per heavy atom. The van der Waals surface area contributed by atoms with Gasteiger partial charge < -0.3 is 10.1 Å². The smallest absolute Gasteiger partial charge is 0.242 e. The summed E-state index contributed by atoms with van der Waals surface area (Å²) in [5.41, 5.74) is 2.74. The van der Waals surface area contributed by atoms with E-state index < -0.39 is 10.0 Å². The van der Waals surface area contributed by atoms with Gasteiger partial charge in [-0.05, 0) is 41.2 Å². The molecule has 2 aromatic rings. The molecule has 0 heterocycles. The summed E-state index contributed by atoms with van der Waals surface area (Å²) in [5, 5.41) is 2.77. The molecule has 2 rings (SSSR count). The molecular weight excluding hydrogens is 388 g/mol. The van der Waals surface area contributed by atoms with E-state index in [9.17, 15) is 13.2 Å². The molecule has 0 aliphatic rings. The third-order valence-electron chi connectivity index (χ3n) is 4.68. The Kier molecular flexibility index (Phi) is 7.08. The molecule has 0 aliphatic heterocycles. The number of ether oxygens (including phenoxy) is 1. The number of methoxy groups -OCH3 is 1. The van der Waals surface area contributed by atoms with E-state index >= 15 is 0 Å². The summed E-state index contributed by atoms with van der Waals surface area (Å²) in [5.74, 6) is 0.202. The number of carbonyl (C=O) groups is 1. The van der Waals surface area contributed by atoms with Crippen molar-refractivity contribution in [1.29, 1.82) is 0 Å². The number of rotatable bonds is 7. The van der Waals surface area contributed by atoms with Crippen molar-refractivity contribution in [1.82, 2.24) is 4.31 Å². The van der Waals surface area contributed by atoms with E-state index in [4.69, 9.17) is 4.74 Å². The second-order valence-corrected chi connectivity index (χ2v) is 10.3. The molecule has 2 aromatic carbocycles. The minimum Gasteiger partial charge on any atom is -0.495 e. The minimum atomic E-state index is -3.61. The van der Waals surface area contributed by atoms with Gasteiger partial charge in [0.05, 0.1) is 17.7 Å². The summed E-state index contributed by atoms with van der Waals surface area (Å²) in [7, 11) is 0.791. The van der Waals surface area contributed by atoms with Gasteiger partial charge in [-0.25, -0.2) is 12.7 Å². The lowest BCUT2D eigenvalue weighted by atomic mass is 9.86. The SMILES string of the molecule is COc1ccc(S(=O)(=O)N(C)C)cc1NC(=O)CCc1ccc(C(C)(C)C)cc1. The molecular formula is C22H30N2O4S. The van der Waals surface area contributed by atoms with Crippen molar-refractivity contribution in [3.63, 3.8) is 0 Å². The number of nitrogens with zero attached hydrogens (tertiary/aromatic N) is 1. The third-order valence-corrected chi connectivity index (χ3v) is 6.50. The molecule has 158 valence electrons. The largest absolute Gasteiger partial charge is 0.495 e. The third kappa shape index (κ3) is 5.81. The number of aryl methyl sites for hydroxylation is 1. The monoisotopic (exact) mass is 418 g/mol. The Morgan fingerprint density at radius 1 is 1.07 bits per heavy atom. The summed E-state index contributed by atoms with van der Waals surface area (Å²) < 4.78 is 31.1. The Hall–Kier alpha value is -2.38. The average molecular weight is 419 g/mol. The highest BCUT2D eigenvalue weighted by Gasteiger charge is 2.20. The van der Waals surface area contributed by atoms with E-state index in [1.165, 1.54) is 45.0 Å². The van der Waals surface area contributed by atoms with Gasteiger partial charge in [-0.2, -0.15) is 0 Å². The van der Waals surface area contributed by atoms with Crippen molar-refractivity contribution >= 4 is 21.6 Å².